The first-order valence-corrected chi connectivity index (χ1v) is 11.8. The van der Waals surface area contributed by atoms with Crippen molar-refractivity contribution in [3.8, 4) is 0 Å². The molecule has 1 unspecified atom stereocenters. The lowest BCUT2D eigenvalue weighted by Crippen LogP contribution is -2.52. The highest BCUT2D eigenvalue weighted by Gasteiger charge is 2.40. The van der Waals surface area contributed by atoms with Gasteiger partial charge in [-0.2, -0.15) is 0 Å². The van der Waals surface area contributed by atoms with Gasteiger partial charge in [0.25, 0.3) is 5.91 Å². The van der Waals surface area contributed by atoms with Crippen molar-refractivity contribution in [2.75, 3.05) is 31.1 Å². The van der Waals surface area contributed by atoms with Crippen LogP contribution in [-0.2, 0) is 22.7 Å². The Balaban J connectivity index is 1.26. The number of aryl methyl sites for hydroxylation is 1. The van der Waals surface area contributed by atoms with Gasteiger partial charge < -0.3 is 9.80 Å². The van der Waals surface area contributed by atoms with Crippen molar-refractivity contribution in [3.05, 3.63) is 69.8 Å². The Morgan fingerprint density at radius 1 is 1.11 bits per heavy atom. The summed E-state index contributed by atoms with van der Waals surface area (Å²) >= 11 is 0. The zero-order chi connectivity index (χ0) is 24.7. The van der Waals surface area contributed by atoms with Gasteiger partial charge in [-0.05, 0) is 36.6 Å². The van der Waals surface area contributed by atoms with Gasteiger partial charge in [-0.25, -0.2) is 9.24 Å². The van der Waals surface area contributed by atoms with Crippen LogP contribution >= 0.6 is 0 Å². The van der Waals surface area contributed by atoms with Gasteiger partial charge in [0.1, 0.15) is 11.9 Å². The fraction of sp³-hybridized carbons (Fsp3) is 0.385. The molecule has 0 spiro atoms. The monoisotopic (exact) mass is 475 g/mol. The average Bonchev–Trinajstić information content (AvgIpc) is 3.15. The molecule has 0 saturated carbocycles. The molecule has 3 aliphatic rings. The van der Waals surface area contributed by atoms with Crippen LogP contribution in [0.2, 0.25) is 0 Å². The van der Waals surface area contributed by atoms with Gasteiger partial charge in [0.2, 0.25) is 11.8 Å². The highest BCUT2D eigenvalue weighted by Crippen LogP contribution is 2.33. The molecule has 0 radical (unpaired) electrons. The summed E-state index contributed by atoms with van der Waals surface area (Å²) in [6.07, 6.45) is 0.464. The third-order valence-corrected chi connectivity index (χ3v) is 7.15. The number of piperazine rings is 1. The molecular weight excluding hydrogens is 449 g/mol. The van der Waals surface area contributed by atoms with E-state index >= 15 is 4.39 Å². The van der Waals surface area contributed by atoms with Crippen LogP contribution in [0.15, 0.2) is 30.3 Å². The minimum Gasteiger partial charge on any atom is -0.367 e. The number of fused-ring (bicyclic) bond motifs is 1. The molecule has 0 aliphatic carbocycles. The summed E-state index contributed by atoms with van der Waals surface area (Å²) in [5.41, 5.74) is 4.37. The van der Waals surface area contributed by atoms with E-state index < -0.39 is 17.8 Å². The molecule has 3 heterocycles. The molecule has 8 nitrogen and oxygen atoms in total. The summed E-state index contributed by atoms with van der Waals surface area (Å²) in [6.45, 7) is 13.0. The van der Waals surface area contributed by atoms with E-state index in [1.54, 1.807) is 6.07 Å². The Bertz CT molecular complexity index is 1260. The quantitative estimate of drug-likeness (QED) is 0.544. The van der Waals surface area contributed by atoms with Gasteiger partial charge in [0, 0.05) is 51.3 Å². The van der Waals surface area contributed by atoms with E-state index in [0.717, 1.165) is 25.2 Å². The molecule has 0 bridgehead atoms. The van der Waals surface area contributed by atoms with Crippen LogP contribution in [0.5, 0.6) is 0 Å². The van der Waals surface area contributed by atoms with Gasteiger partial charge in [0.15, 0.2) is 5.69 Å². The van der Waals surface area contributed by atoms with E-state index in [4.69, 9.17) is 6.57 Å². The van der Waals surface area contributed by atoms with Crippen LogP contribution in [-0.4, -0.2) is 59.7 Å². The van der Waals surface area contributed by atoms with E-state index in [0.29, 0.717) is 30.0 Å². The van der Waals surface area contributed by atoms with Gasteiger partial charge in [-0.15, -0.1) is 0 Å². The Hall–Kier alpha value is -3.77. The van der Waals surface area contributed by atoms with Crippen LogP contribution in [0, 0.1) is 19.3 Å². The normalized spacial score (nSPS) is 20.6. The Morgan fingerprint density at radius 2 is 1.89 bits per heavy atom. The molecule has 2 fully saturated rings. The maximum absolute atomic E-state index is 15.1. The van der Waals surface area contributed by atoms with E-state index in [-0.39, 0.29) is 36.8 Å². The van der Waals surface area contributed by atoms with Crippen LogP contribution in [0.1, 0.15) is 39.9 Å². The van der Waals surface area contributed by atoms with Gasteiger partial charge in [-0.1, -0.05) is 23.8 Å². The number of carbonyl (C=O) groups is 3. The molecule has 5 rings (SSSR count). The van der Waals surface area contributed by atoms with Gasteiger partial charge in [0.05, 0.1) is 12.3 Å². The number of nitrogens with zero attached hydrogens (tertiary/aromatic N) is 4. The van der Waals surface area contributed by atoms with Crippen LogP contribution in [0.4, 0.5) is 15.8 Å². The van der Waals surface area contributed by atoms with Crippen molar-refractivity contribution >= 4 is 29.1 Å². The Morgan fingerprint density at radius 3 is 2.57 bits per heavy atom. The number of piperidine rings is 1. The molecule has 2 aromatic rings. The number of anilines is 1. The maximum Gasteiger partial charge on any atom is 0.255 e. The van der Waals surface area contributed by atoms with E-state index in [1.165, 1.54) is 16.5 Å². The number of nitrogens with one attached hydrogen (secondary N) is 1. The summed E-state index contributed by atoms with van der Waals surface area (Å²) in [7, 11) is 0. The predicted molar refractivity (Wildman–Crippen MR) is 127 cm³/mol. The molecule has 1 atom stereocenters. The minimum absolute atomic E-state index is 0.184. The first-order valence-electron chi connectivity index (χ1n) is 11.8. The highest BCUT2D eigenvalue weighted by molar-refractivity contribution is 6.05. The summed E-state index contributed by atoms with van der Waals surface area (Å²) < 4.78 is 15.1. The molecule has 35 heavy (non-hydrogen) atoms. The molecule has 3 aliphatic heterocycles. The first-order chi connectivity index (χ1) is 16.8. The Kier molecular flexibility index (Phi) is 5.99. The molecular formula is C26H26FN5O3. The van der Waals surface area contributed by atoms with Crippen molar-refractivity contribution in [2.24, 2.45) is 0 Å². The van der Waals surface area contributed by atoms with Crippen molar-refractivity contribution < 1.29 is 18.8 Å². The van der Waals surface area contributed by atoms with Crippen molar-refractivity contribution in [1.29, 1.82) is 0 Å². The summed E-state index contributed by atoms with van der Waals surface area (Å²) in [4.78, 5) is 45.9. The Labute approximate surface area is 203 Å². The second-order valence-electron chi connectivity index (χ2n) is 9.35. The summed E-state index contributed by atoms with van der Waals surface area (Å²) in [6, 6.07) is 8.05. The number of halogens is 1. The number of carbonyl (C=O) groups excluding carboxylic acids is 3. The molecule has 1 N–H and O–H groups in total. The standard InChI is InChI=1S/C26H26FN5O3/c1-16-11-19(28-2)4-3-17(16)14-30-7-9-31(10-8-30)23-12-18-15-32(26(35)20(18)13-21(23)27)22-5-6-24(33)29-25(22)34/h3-4,11-13,22H,5-10,14-15H2,1H3,(H,29,33,34). The van der Waals surface area contributed by atoms with Crippen molar-refractivity contribution in [2.45, 2.75) is 38.9 Å². The van der Waals surface area contributed by atoms with Crippen LogP contribution in [0.3, 0.4) is 0 Å². The van der Waals surface area contributed by atoms with Crippen LogP contribution in [0.25, 0.3) is 4.85 Å². The van der Waals surface area contributed by atoms with Crippen molar-refractivity contribution in [1.82, 2.24) is 15.1 Å². The lowest BCUT2D eigenvalue weighted by molar-refractivity contribution is -0.136. The summed E-state index contributed by atoms with van der Waals surface area (Å²) in [5, 5.41) is 2.29. The third-order valence-electron chi connectivity index (χ3n) is 7.15. The minimum atomic E-state index is -0.713. The SMILES string of the molecule is [C-]#[N+]c1ccc(CN2CCN(c3cc4c(cc3F)C(=O)N(C3CCC(=O)NC3=O)C4)CC2)c(C)c1. The van der Waals surface area contributed by atoms with E-state index in [9.17, 15) is 14.4 Å². The zero-order valence-corrected chi connectivity index (χ0v) is 19.5. The van der Waals surface area contributed by atoms with E-state index in [1.807, 2.05) is 30.0 Å². The van der Waals surface area contributed by atoms with Gasteiger partial charge >= 0.3 is 0 Å². The summed E-state index contributed by atoms with van der Waals surface area (Å²) in [5.74, 6) is -1.62. The zero-order valence-electron chi connectivity index (χ0n) is 19.5. The fourth-order valence-electron chi connectivity index (χ4n) is 5.13. The fourth-order valence-corrected chi connectivity index (χ4v) is 5.13. The lowest BCUT2D eigenvalue weighted by atomic mass is 10.0. The average molecular weight is 476 g/mol. The van der Waals surface area contributed by atoms with E-state index in [2.05, 4.69) is 15.1 Å². The topological polar surface area (TPSA) is 77.3 Å². The number of imide groups is 1. The van der Waals surface area contributed by atoms with Crippen LogP contribution < -0.4 is 10.2 Å². The maximum atomic E-state index is 15.1. The number of rotatable bonds is 4. The highest BCUT2D eigenvalue weighted by atomic mass is 19.1. The number of hydrogen-bond acceptors (Lipinski definition) is 5. The second-order valence-corrected chi connectivity index (χ2v) is 9.35. The third kappa shape index (κ3) is 4.37. The number of amides is 3. The second kappa shape index (κ2) is 9.12. The number of benzene rings is 2. The smallest absolute Gasteiger partial charge is 0.255 e. The predicted octanol–water partition coefficient (Wildman–Crippen LogP) is 2.77. The van der Waals surface area contributed by atoms with Crippen molar-refractivity contribution in [3.63, 3.8) is 0 Å². The number of hydrogen-bond donors (Lipinski definition) is 1. The van der Waals surface area contributed by atoms with Gasteiger partial charge in [-0.3, -0.25) is 24.6 Å². The molecule has 9 heteroatoms. The lowest BCUT2D eigenvalue weighted by Gasteiger charge is -2.36. The molecule has 180 valence electrons. The largest absolute Gasteiger partial charge is 0.367 e. The molecule has 2 aromatic carbocycles. The molecule has 0 aromatic heterocycles. The molecule has 2 saturated heterocycles. The first kappa shape index (κ1) is 23.0. The molecule has 3 amide bonds.